The standard InChI is InChI=1S/C16H16N2O3/c1-2-12-11-21-16(7-5-14(19)6-8-16)18(15(12)20)13-4-3-9-17-10-13/h3-10,12H,2,11H2,1H3. The molecule has 2 heterocycles. The van der Waals surface area contributed by atoms with E-state index in [1.165, 1.54) is 12.2 Å². The minimum Gasteiger partial charge on any atom is -0.347 e. The molecule has 0 bridgehead atoms. The van der Waals surface area contributed by atoms with Crippen LogP contribution in [-0.4, -0.2) is 29.0 Å². The van der Waals surface area contributed by atoms with Gasteiger partial charge in [0.1, 0.15) is 0 Å². The number of carbonyl (C=O) groups is 2. The van der Waals surface area contributed by atoms with Crippen LogP contribution in [0.5, 0.6) is 0 Å². The lowest BCUT2D eigenvalue weighted by Crippen LogP contribution is -2.59. The molecule has 0 aromatic carbocycles. The van der Waals surface area contributed by atoms with Gasteiger partial charge in [0.2, 0.25) is 5.91 Å². The molecule has 21 heavy (non-hydrogen) atoms. The first kappa shape index (κ1) is 13.7. The molecule has 1 atom stereocenters. The number of amides is 1. The maximum atomic E-state index is 12.8. The zero-order valence-electron chi connectivity index (χ0n) is 11.7. The number of hydrogen-bond donors (Lipinski definition) is 0. The number of ketones is 1. The summed E-state index contributed by atoms with van der Waals surface area (Å²) in [5, 5.41) is 0. The van der Waals surface area contributed by atoms with Crippen LogP contribution in [0.15, 0.2) is 48.8 Å². The van der Waals surface area contributed by atoms with Crippen LogP contribution in [0.25, 0.3) is 0 Å². The van der Waals surface area contributed by atoms with Crippen molar-refractivity contribution in [3.05, 3.63) is 48.8 Å². The molecule has 1 spiro atoms. The minimum atomic E-state index is -1.03. The Morgan fingerprint density at radius 3 is 2.76 bits per heavy atom. The van der Waals surface area contributed by atoms with Gasteiger partial charge in [0.05, 0.1) is 24.4 Å². The highest BCUT2D eigenvalue weighted by Crippen LogP contribution is 2.35. The summed E-state index contributed by atoms with van der Waals surface area (Å²) < 4.78 is 5.95. The van der Waals surface area contributed by atoms with Crippen LogP contribution in [0, 0.1) is 5.92 Å². The van der Waals surface area contributed by atoms with Crippen molar-refractivity contribution < 1.29 is 14.3 Å². The first-order chi connectivity index (χ1) is 10.2. The van der Waals surface area contributed by atoms with E-state index in [2.05, 4.69) is 4.98 Å². The lowest BCUT2D eigenvalue weighted by Gasteiger charge is -2.46. The van der Waals surface area contributed by atoms with Gasteiger partial charge in [-0.3, -0.25) is 19.5 Å². The van der Waals surface area contributed by atoms with Crippen LogP contribution in [0.3, 0.4) is 0 Å². The molecule has 1 saturated heterocycles. The molecule has 0 N–H and O–H groups in total. The van der Waals surface area contributed by atoms with Crippen LogP contribution in [0.4, 0.5) is 5.69 Å². The van der Waals surface area contributed by atoms with Gasteiger partial charge in [-0.25, -0.2) is 0 Å². The summed E-state index contributed by atoms with van der Waals surface area (Å²) in [6.07, 6.45) is 10.1. The molecule has 1 fully saturated rings. The van der Waals surface area contributed by atoms with Crippen molar-refractivity contribution in [3.8, 4) is 0 Å². The van der Waals surface area contributed by atoms with Crippen molar-refractivity contribution in [1.82, 2.24) is 4.98 Å². The Labute approximate surface area is 122 Å². The Morgan fingerprint density at radius 2 is 2.14 bits per heavy atom. The first-order valence-corrected chi connectivity index (χ1v) is 6.97. The van der Waals surface area contributed by atoms with Gasteiger partial charge < -0.3 is 4.74 Å². The van der Waals surface area contributed by atoms with Gasteiger partial charge in [-0.1, -0.05) is 6.92 Å². The molecule has 1 amide bonds. The molecule has 3 rings (SSSR count). The fraction of sp³-hybridized carbons (Fsp3) is 0.312. The highest BCUT2D eigenvalue weighted by atomic mass is 16.5. The molecule has 0 radical (unpaired) electrons. The molecule has 1 aromatic rings. The number of rotatable bonds is 2. The summed E-state index contributed by atoms with van der Waals surface area (Å²) in [6.45, 7) is 2.30. The molecule has 2 aliphatic rings. The number of carbonyl (C=O) groups excluding carboxylic acids is 2. The molecule has 1 aliphatic heterocycles. The average molecular weight is 284 g/mol. The quantitative estimate of drug-likeness (QED) is 0.831. The number of allylic oxidation sites excluding steroid dienone is 2. The Kier molecular flexibility index (Phi) is 3.43. The lowest BCUT2D eigenvalue weighted by atomic mass is 9.96. The van der Waals surface area contributed by atoms with Gasteiger partial charge in [0, 0.05) is 6.20 Å². The van der Waals surface area contributed by atoms with Crippen molar-refractivity contribution >= 4 is 17.4 Å². The number of nitrogens with zero attached hydrogens (tertiary/aromatic N) is 2. The second-order valence-corrected chi connectivity index (χ2v) is 5.12. The smallest absolute Gasteiger partial charge is 0.235 e. The summed E-state index contributed by atoms with van der Waals surface area (Å²) in [5.41, 5.74) is -0.371. The van der Waals surface area contributed by atoms with E-state index in [4.69, 9.17) is 4.74 Å². The van der Waals surface area contributed by atoms with E-state index in [1.807, 2.05) is 13.0 Å². The number of hydrogen-bond acceptors (Lipinski definition) is 4. The molecule has 5 heteroatoms. The van der Waals surface area contributed by atoms with Crippen LogP contribution in [0.2, 0.25) is 0 Å². The van der Waals surface area contributed by atoms with Gasteiger partial charge >= 0.3 is 0 Å². The minimum absolute atomic E-state index is 0.0135. The molecule has 1 aliphatic carbocycles. The monoisotopic (exact) mass is 284 g/mol. The summed E-state index contributed by atoms with van der Waals surface area (Å²) >= 11 is 0. The zero-order chi connectivity index (χ0) is 14.9. The van der Waals surface area contributed by atoms with E-state index in [0.717, 1.165) is 0 Å². The van der Waals surface area contributed by atoms with Gasteiger partial charge in [-0.2, -0.15) is 0 Å². The van der Waals surface area contributed by atoms with E-state index in [0.29, 0.717) is 18.7 Å². The molecule has 1 aromatic heterocycles. The zero-order valence-corrected chi connectivity index (χ0v) is 11.7. The summed E-state index contributed by atoms with van der Waals surface area (Å²) in [6, 6.07) is 3.58. The van der Waals surface area contributed by atoms with E-state index in [1.54, 1.807) is 35.5 Å². The van der Waals surface area contributed by atoms with Crippen molar-refractivity contribution in [3.63, 3.8) is 0 Å². The number of ether oxygens (including phenoxy) is 1. The molecule has 5 nitrogen and oxygen atoms in total. The number of anilines is 1. The fourth-order valence-corrected chi connectivity index (χ4v) is 2.59. The second kappa shape index (κ2) is 5.26. The summed E-state index contributed by atoms with van der Waals surface area (Å²) in [5.74, 6) is -0.309. The van der Waals surface area contributed by atoms with E-state index in [-0.39, 0.29) is 17.6 Å². The second-order valence-electron chi connectivity index (χ2n) is 5.12. The van der Waals surface area contributed by atoms with Gasteiger partial charge in [0.25, 0.3) is 0 Å². The third kappa shape index (κ3) is 2.29. The molecule has 108 valence electrons. The van der Waals surface area contributed by atoms with Crippen LogP contribution < -0.4 is 4.90 Å². The lowest BCUT2D eigenvalue weighted by molar-refractivity contribution is -0.138. The Morgan fingerprint density at radius 1 is 1.38 bits per heavy atom. The predicted molar refractivity (Wildman–Crippen MR) is 77.5 cm³/mol. The first-order valence-electron chi connectivity index (χ1n) is 6.97. The Bertz CT molecular complexity index is 606. The van der Waals surface area contributed by atoms with Crippen LogP contribution in [-0.2, 0) is 14.3 Å². The highest BCUT2D eigenvalue weighted by molar-refractivity contribution is 6.03. The normalized spacial score (nSPS) is 23.9. The highest BCUT2D eigenvalue weighted by Gasteiger charge is 2.45. The summed E-state index contributed by atoms with van der Waals surface area (Å²) in [4.78, 5) is 29.8. The van der Waals surface area contributed by atoms with Crippen molar-refractivity contribution in [1.29, 1.82) is 0 Å². The maximum Gasteiger partial charge on any atom is 0.235 e. The van der Waals surface area contributed by atoms with E-state index in [9.17, 15) is 9.59 Å². The SMILES string of the molecule is CCC1COC2(C=CC(=O)C=C2)N(c2cccnc2)C1=O. The van der Waals surface area contributed by atoms with Crippen molar-refractivity contribution in [2.75, 3.05) is 11.5 Å². The predicted octanol–water partition coefficient (Wildman–Crippen LogP) is 1.86. The third-order valence-corrected chi connectivity index (χ3v) is 3.80. The van der Waals surface area contributed by atoms with Crippen LogP contribution in [0.1, 0.15) is 13.3 Å². The topological polar surface area (TPSA) is 59.5 Å². The Balaban J connectivity index is 2.07. The van der Waals surface area contributed by atoms with Gasteiger partial charge in [0.15, 0.2) is 11.5 Å². The maximum absolute atomic E-state index is 12.8. The van der Waals surface area contributed by atoms with Crippen molar-refractivity contribution in [2.45, 2.75) is 19.1 Å². The average Bonchev–Trinajstić information content (AvgIpc) is 2.52. The van der Waals surface area contributed by atoms with Gasteiger partial charge in [-0.05, 0) is 42.9 Å². The molecular formula is C16H16N2O3. The van der Waals surface area contributed by atoms with Crippen molar-refractivity contribution in [2.24, 2.45) is 5.92 Å². The Hall–Kier alpha value is -2.27. The number of aromatic nitrogens is 1. The van der Waals surface area contributed by atoms with Crippen LogP contribution >= 0.6 is 0 Å². The largest absolute Gasteiger partial charge is 0.347 e. The molecule has 0 saturated carbocycles. The molecular weight excluding hydrogens is 268 g/mol. The fourth-order valence-electron chi connectivity index (χ4n) is 2.59. The van der Waals surface area contributed by atoms with E-state index < -0.39 is 5.72 Å². The molecule has 1 unspecified atom stereocenters. The third-order valence-electron chi connectivity index (χ3n) is 3.80. The summed E-state index contributed by atoms with van der Waals surface area (Å²) in [7, 11) is 0. The van der Waals surface area contributed by atoms with Gasteiger partial charge in [-0.15, -0.1) is 0 Å². The number of pyridine rings is 1. The van der Waals surface area contributed by atoms with E-state index >= 15 is 0 Å².